The molecule has 2 atom stereocenters. The van der Waals surface area contributed by atoms with Gasteiger partial charge in [-0.15, -0.1) is 0 Å². The average molecular weight is 440 g/mol. The lowest BCUT2D eigenvalue weighted by molar-refractivity contribution is -0.133. The second kappa shape index (κ2) is 12.8. The summed E-state index contributed by atoms with van der Waals surface area (Å²) >= 11 is 0. The molecule has 0 aromatic heterocycles. The monoisotopic (exact) mass is 439 g/mol. The Kier molecular flexibility index (Phi) is 12.0. The molecular weight excluding hydrogens is 394 g/mol. The van der Waals surface area contributed by atoms with Crippen LogP contribution in [0.15, 0.2) is 0 Å². The predicted molar refractivity (Wildman–Crippen MR) is 124 cm³/mol. The van der Waals surface area contributed by atoms with Crippen LogP contribution in [0.1, 0.15) is 93.9 Å². The van der Waals surface area contributed by atoms with Crippen LogP contribution in [-0.2, 0) is 14.4 Å². The number of hydrogen-bond donors (Lipinski definition) is 3. The van der Waals surface area contributed by atoms with Crippen molar-refractivity contribution in [1.82, 2.24) is 10.6 Å². The number of primary amides is 1. The van der Waals surface area contributed by atoms with Crippen molar-refractivity contribution in [3.05, 3.63) is 0 Å². The summed E-state index contributed by atoms with van der Waals surface area (Å²) < 4.78 is 0. The Morgan fingerprint density at radius 3 is 2.00 bits per heavy atom. The fourth-order valence-corrected chi connectivity index (χ4v) is 3.30. The third kappa shape index (κ3) is 11.3. The number of Topliss-reactive ketones (excluding diaryl/α,β-unsaturated/α-hetero) is 2. The molecule has 0 saturated heterocycles. The van der Waals surface area contributed by atoms with Crippen LogP contribution in [0.4, 0.5) is 4.79 Å². The molecule has 31 heavy (non-hydrogen) atoms. The first-order valence-corrected chi connectivity index (χ1v) is 11.4. The van der Waals surface area contributed by atoms with E-state index in [1.807, 2.05) is 13.8 Å². The van der Waals surface area contributed by atoms with E-state index >= 15 is 0 Å². The second-order valence-corrected chi connectivity index (χ2v) is 10.7. The van der Waals surface area contributed by atoms with Crippen LogP contribution in [-0.4, -0.2) is 36.1 Å². The SMILES string of the molecule is CC(=O)C[C@@H](C(=O)N[C@H](CCCNC(N)=O)C(=O)CCCC(C)(C)C(C)(C)C)C(C)C. The summed E-state index contributed by atoms with van der Waals surface area (Å²) in [4.78, 5) is 48.3. The van der Waals surface area contributed by atoms with E-state index in [2.05, 4.69) is 45.3 Å². The number of hydrogen-bond acceptors (Lipinski definition) is 4. The van der Waals surface area contributed by atoms with E-state index in [9.17, 15) is 19.2 Å². The van der Waals surface area contributed by atoms with Gasteiger partial charge in [-0.1, -0.05) is 48.5 Å². The van der Waals surface area contributed by atoms with E-state index in [4.69, 9.17) is 5.73 Å². The van der Waals surface area contributed by atoms with Crippen molar-refractivity contribution < 1.29 is 19.2 Å². The van der Waals surface area contributed by atoms with Gasteiger partial charge in [-0.05, 0) is 49.4 Å². The molecule has 0 fully saturated rings. The van der Waals surface area contributed by atoms with E-state index in [1.54, 1.807) is 0 Å². The number of carbonyl (C=O) groups is 4. The number of urea groups is 1. The molecule has 3 amide bonds. The third-order valence-electron chi connectivity index (χ3n) is 6.58. The zero-order valence-electron chi connectivity index (χ0n) is 20.9. The highest BCUT2D eigenvalue weighted by Gasteiger charge is 2.33. The predicted octanol–water partition coefficient (Wildman–Crippen LogP) is 3.98. The lowest BCUT2D eigenvalue weighted by atomic mass is 9.66. The molecule has 0 aromatic carbocycles. The van der Waals surface area contributed by atoms with Crippen molar-refractivity contribution in [2.45, 2.75) is 100.0 Å². The van der Waals surface area contributed by atoms with E-state index in [0.29, 0.717) is 25.8 Å². The first-order valence-electron chi connectivity index (χ1n) is 11.4. The van der Waals surface area contributed by atoms with Gasteiger partial charge in [0.2, 0.25) is 5.91 Å². The molecule has 0 heterocycles. The standard InChI is InChI=1S/C24H45N3O4/c1-16(2)18(15-17(3)28)21(30)27-19(11-10-14-26-22(25)31)20(29)12-9-13-24(7,8)23(4,5)6/h16,18-19H,9-15H2,1-8H3,(H,27,30)(H3,25,26,31)/t18-,19-/m1/s1. The second-order valence-electron chi connectivity index (χ2n) is 10.7. The molecule has 7 heteroatoms. The number of rotatable bonds is 14. The van der Waals surface area contributed by atoms with Crippen molar-refractivity contribution in [2.24, 2.45) is 28.4 Å². The van der Waals surface area contributed by atoms with E-state index in [0.717, 1.165) is 12.8 Å². The van der Waals surface area contributed by atoms with E-state index < -0.39 is 18.0 Å². The summed E-state index contributed by atoms with van der Waals surface area (Å²) in [6.07, 6.45) is 3.13. The van der Waals surface area contributed by atoms with Crippen molar-refractivity contribution in [1.29, 1.82) is 0 Å². The van der Waals surface area contributed by atoms with E-state index in [1.165, 1.54) is 6.92 Å². The zero-order chi connectivity index (χ0) is 24.4. The molecule has 4 N–H and O–H groups in total. The Hall–Kier alpha value is -1.92. The van der Waals surface area contributed by atoms with Crippen LogP contribution in [0.25, 0.3) is 0 Å². The molecule has 0 unspecified atom stereocenters. The van der Waals surface area contributed by atoms with Gasteiger partial charge in [0.1, 0.15) is 5.78 Å². The highest BCUT2D eigenvalue weighted by Crippen LogP contribution is 2.41. The Labute approximate surface area is 188 Å². The molecule has 0 rings (SSSR count). The van der Waals surface area contributed by atoms with Gasteiger partial charge >= 0.3 is 6.03 Å². The fourth-order valence-electron chi connectivity index (χ4n) is 3.30. The number of nitrogens with one attached hydrogen (secondary N) is 2. The summed E-state index contributed by atoms with van der Waals surface area (Å²) in [5.41, 5.74) is 5.30. The Morgan fingerprint density at radius 2 is 1.55 bits per heavy atom. The Bertz CT molecular complexity index is 621. The summed E-state index contributed by atoms with van der Waals surface area (Å²) in [7, 11) is 0. The van der Waals surface area contributed by atoms with E-state index in [-0.39, 0.29) is 40.6 Å². The van der Waals surface area contributed by atoms with Crippen molar-refractivity contribution >= 4 is 23.5 Å². The van der Waals surface area contributed by atoms with Gasteiger partial charge in [0.05, 0.1) is 6.04 Å². The molecule has 0 saturated carbocycles. The molecule has 180 valence electrons. The van der Waals surface area contributed by atoms with Gasteiger partial charge in [0, 0.05) is 25.3 Å². The maximum atomic E-state index is 13.0. The van der Waals surface area contributed by atoms with Crippen molar-refractivity contribution in [2.75, 3.05) is 6.54 Å². The number of ketones is 2. The summed E-state index contributed by atoms with van der Waals surface area (Å²) in [6.45, 7) is 16.6. The number of carbonyl (C=O) groups excluding carboxylic acids is 4. The third-order valence-corrected chi connectivity index (χ3v) is 6.58. The molecule has 0 aliphatic heterocycles. The van der Waals surface area contributed by atoms with Crippen LogP contribution >= 0.6 is 0 Å². The van der Waals surface area contributed by atoms with Crippen LogP contribution in [0.3, 0.4) is 0 Å². The first-order chi connectivity index (χ1) is 14.1. The normalized spacial score (nSPS) is 14.1. The van der Waals surface area contributed by atoms with Gasteiger partial charge in [-0.2, -0.15) is 0 Å². The molecule has 0 aliphatic rings. The van der Waals surface area contributed by atoms with Crippen molar-refractivity contribution in [3.8, 4) is 0 Å². The van der Waals surface area contributed by atoms with Crippen LogP contribution in [0.5, 0.6) is 0 Å². The molecule has 0 bridgehead atoms. The molecule has 0 spiro atoms. The maximum absolute atomic E-state index is 13.0. The molecule has 7 nitrogen and oxygen atoms in total. The lowest BCUT2D eigenvalue weighted by Crippen LogP contribution is -2.45. The van der Waals surface area contributed by atoms with Gasteiger partial charge in [-0.25, -0.2) is 4.79 Å². The quantitative estimate of drug-likeness (QED) is 0.355. The van der Waals surface area contributed by atoms with Gasteiger partial charge in [-0.3, -0.25) is 9.59 Å². The number of amides is 3. The Balaban J connectivity index is 5.13. The summed E-state index contributed by atoms with van der Waals surface area (Å²) in [5.74, 6) is -0.796. The van der Waals surface area contributed by atoms with Crippen molar-refractivity contribution in [3.63, 3.8) is 0 Å². The van der Waals surface area contributed by atoms with Crippen LogP contribution in [0.2, 0.25) is 0 Å². The van der Waals surface area contributed by atoms with Gasteiger partial charge in [0.15, 0.2) is 5.78 Å². The molecule has 0 aromatic rings. The molecular formula is C24H45N3O4. The first kappa shape index (κ1) is 29.1. The summed E-state index contributed by atoms with van der Waals surface area (Å²) in [5, 5.41) is 5.40. The average Bonchev–Trinajstić information content (AvgIpc) is 2.60. The minimum Gasteiger partial charge on any atom is -0.352 e. The maximum Gasteiger partial charge on any atom is 0.312 e. The Morgan fingerprint density at radius 1 is 0.968 bits per heavy atom. The zero-order valence-corrected chi connectivity index (χ0v) is 20.9. The topological polar surface area (TPSA) is 118 Å². The highest BCUT2D eigenvalue weighted by atomic mass is 16.2. The largest absolute Gasteiger partial charge is 0.352 e. The van der Waals surface area contributed by atoms with Crippen LogP contribution in [0, 0.1) is 22.7 Å². The van der Waals surface area contributed by atoms with Gasteiger partial charge in [0.25, 0.3) is 0 Å². The molecule has 0 aliphatic carbocycles. The summed E-state index contributed by atoms with van der Waals surface area (Å²) in [6, 6.07) is -1.24. The fraction of sp³-hybridized carbons (Fsp3) is 0.833. The minimum atomic E-state index is -0.631. The smallest absolute Gasteiger partial charge is 0.312 e. The minimum absolute atomic E-state index is 0.0104. The van der Waals surface area contributed by atoms with Crippen LogP contribution < -0.4 is 16.4 Å². The number of nitrogens with two attached hydrogens (primary N) is 1. The van der Waals surface area contributed by atoms with Gasteiger partial charge < -0.3 is 21.2 Å². The molecule has 0 radical (unpaired) electrons. The lowest BCUT2D eigenvalue weighted by Gasteiger charge is -2.39. The highest BCUT2D eigenvalue weighted by molar-refractivity contribution is 5.91.